The van der Waals surface area contributed by atoms with Gasteiger partial charge in [0.15, 0.2) is 0 Å². The van der Waals surface area contributed by atoms with Gasteiger partial charge in [-0.1, -0.05) is 0 Å². The van der Waals surface area contributed by atoms with E-state index in [1.807, 2.05) is 24.2 Å². The fourth-order valence-electron chi connectivity index (χ4n) is 4.25. The van der Waals surface area contributed by atoms with Crippen LogP contribution >= 0.6 is 0 Å². The van der Waals surface area contributed by atoms with E-state index in [4.69, 9.17) is 4.42 Å². The van der Waals surface area contributed by atoms with Crippen molar-refractivity contribution in [3.05, 3.63) is 41.9 Å². The molecular formula is C19H26N4O2. The van der Waals surface area contributed by atoms with Crippen LogP contribution in [-0.2, 0) is 13.1 Å². The zero-order chi connectivity index (χ0) is 17.4. The van der Waals surface area contributed by atoms with Crippen LogP contribution in [0.15, 0.2) is 29.1 Å². The molecule has 0 bridgehead atoms. The fourth-order valence-corrected chi connectivity index (χ4v) is 4.25. The van der Waals surface area contributed by atoms with Gasteiger partial charge in [0.1, 0.15) is 11.6 Å². The number of carbonyl (C=O) groups excluding carboxylic acids is 1. The fraction of sp³-hybridized carbons (Fsp3) is 0.579. The molecule has 1 saturated heterocycles. The molecule has 2 aromatic rings. The van der Waals surface area contributed by atoms with Crippen molar-refractivity contribution in [3.8, 4) is 0 Å². The van der Waals surface area contributed by atoms with Gasteiger partial charge in [-0.05, 0) is 57.7 Å². The minimum absolute atomic E-state index is 0.0670. The lowest BCUT2D eigenvalue weighted by molar-refractivity contribution is 0.0683. The van der Waals surface area contributed by atoms with Crippen LogP contribution in [0, 0.1) is 12.3 Å². The highest BCUT2D eigenvalue weighted by Gasteiger charge is 2.58. The Bertz CT molecular complexity index is 757. The van der Waals surface area contributed by atoms with Crippen molar-refractivity contribution < 1.29 is 9.21 Å². The third-order valence-corrected chi connectivity index (χ3v) is 5.93. The predicted octanol–water partition coefficient (Wildman–Crippen LogP) is 2.59. The average molecular weight is 342 g/mol. The first-order valence-corrected chi connectivity index (χ1v) is 9.20. The average Bonchev–Trinajstić information content (AvgIpc) is 2.99. The largest absolute Gasteiger partial charge is 0.469 e. The van der Waals surface area contributed by atoms with Crippen LogP contribution in [0.1, 0.15) is 48.1 Å². The van der Waals surface area contributed by atoms with Crippen molar-refractivity contribution in [2.75, 3.05) is 13.1 Å². The summed E-state index contributed by atoms with van der Waals surface area (Å²) >= 11 is 0. The second-order valence-electron chi connectivity index (χ2n) is 7.29. The molecule has 134 valence electrons. The van der Waals surface area contributed by atoms with E-state index in [-0.39, 0.29) is 5.91 Å². The first kappa shape index (κ1) is 16.4. The molecule has 1 spiro atoms. The summed E-state index contributed by atoms with van der Waals surface area (Å²) in [7, 11) is 0. The summed E-state index contributed by atoms with van der Waals surface area (Å²) in [6, 6.07) is 2.09. The van der Waals surface area contributed by atoms with E-state index >= 15 is 0 Å². The van der Waals surface area contributed by atoms with Crippen LogP contribution in [0.2, 0.25) is 0 Å². The molecule has 0 aromatic carbocycles. The van der Waals surface area contributed by atoms with E-state index in [0.717, 1.165) is 44.7 Å². The molecule has 1 aliphatic heterocycles. The standard InChI is InChI=1S/C19H26N4O2/c1-3-22-10-9-21-17(22)13-23(18(24)15-4-11-25-14(15)2)16-12-19(16)5-7-20-8-6-19/h4,9-11,16,20H,3,5-8,12-13H2,1-2H3. The van der Waals surface area contributed by atoms with Gasteiger partial charge in [-0.25, -0.2) is 4.98 Å². The van der Waals surface area contributed by atoms with Gasteiger partial charge >= 0.3 is 0 Å². The Morgan fingerprint density at radius 2 is 2.28 bits per heavy atom. The van der Waals surface area contributed by atoms with Gasteiger partial charge in [0, 0.05) is 25.0 Å². The number of hydrogen-bond donors (Lipinski definition) is 1. The lowest BCUT2D eigenvalue weighted by atomic mass is 9.93. The SMILES string of the molecule is CCn1ccnc1CN(C(=O)c1ccoc1C)C1CC12CCNCC2. The summed E-state index contributed by atoms with van der Waals surface area (Å²) in [5.74, 6) is 1.71. The van der Waals surface area contributed by atoms with Crippen LogP contribution in [0.25, 0.3) is 0 Å². The molecule has 1 unspecified atom stereocenters. The molecule has 4 rings (SSSR count). The van der Waals surface area contributed by atoms with E-state index in [0.29, 0.717) is 29.3 Å². The summed E-state index contributed by atoms with van der Waals surface area (Å²) in [5.41, 5.74) is 0.966. The highest BCUT2D eigenvalue weighted by molar-refractivity contribution is 5.95. The Labute approximate surface area is 148 Å². The van der Waals surface area contributed by atoms with Gasteiger partial charge < -0.3 is 19.2 Å². The number of rotatable bonds is 5. The number of hydrogen-bond acceptors (Lipinski definition) is 4. The quantitative estimate of drug-likeness (QED) is 0.907. The Morgan fingerprint density at radius 1 is 1.48 bits per heavy atom. The molecule has 6 nitrogen and oxygen atoms in total. The van der Waals surface area contributed by atoms with Gasteiger partial charge in [0.05, 0.1) is 18.4 Å². The van der Waals surface area contributed by atoms with Crippen LogP contribution in [0.3, 0.4) is 0 Å². The molecule has 2 fully saturated rings. The monoisotopic (exact) mass is 342 g/mol. The number of imidazole rings is 1. The van der Waals surface area contributed by atoms with Crippen LogP contribution in [0.5, 0.6) is 0 Å². The topological polar surface area (TPSA) is 63.3 Å². The molecule has 25 heavy (non-hydrogen) atoms. The highest BCUT2D eigenvalue weighted by atomic mass is 16.3. The molecule has 2 aliphatic rings. The zero-order valence-electron chi connectivity index (χ0n) is 15.0. The maximum absolute atomic E-state index is 13.3. The van der Waals surface area contributed by atoms with Crippen LogP contribution in [0.4, 0.5) is 0 Å². The number of carbonyl (C=O) groups is 1. The lowest BCUT2D eigenvalue weighted by Gasteiger charge is -2.29. The highest BCUT2D eigenvalue weighted by Crippen LogP contribution is 2.56. The van der Waals surface area contributed by atoms with Gasteiger partial charge in [-0.3, -0.25) is 4.79 Å². The number of piperidine rings is 1. The lowest BCUT2D eigenvalue weighted by Crippen LogP contribution is -2.39. The van der Waals surface area contributed by atoms with Crippen LogP contribution in [-0.4, -0.2) is 39.5 Å². The maximum Gasteiger partial charge on any atom is 0.258 e. The third-order valence-electron chi connectivity index (χ3n) is 5.93. The van der Waals surface area contributed by atoms with Gasteiger partial charge in [-0.15, -0.1) is 0 Å². The third kappa shape index (κ3) is 2.88. The van der Waals surface area contributed by atoms with Gasteiger partial charge in [0.2, 0.25) is 0 Å². The van der Waals surface area contributed by atoms with E-state index < -0.39 is 0 Å². The molecule has 0 radical (unpaired) electrons. The summed E-state index contributed by atoms with van der Waals surface area (Å²) in [4.78, 5) is 19.8. The first-order chi connectivity index (χ1) is 12.1. The normalized spacial score (nSPS) is 21.4. The number of aryl methyl sites for hydroxylation is 2. The number of aromatic nitrogens is 2. The molecule has 3 heterocycles. The predicted molar refractivity (Wildman–Crippen MR) is 94.2 cm³/mol. The maximum atomic E-state index is 13.3. The number of nitrogens with zero attached hydrogens (tertiary/aromatic N) is 3. The van der Waals surface area contributed by atoms with Crippen molar-refractivity contribution in [2.45, 2.75) is 52.2 Å². The Hall–Kier alpha value is -2.08. The van der Waals surface area contributed by atoms with Crippen molar-refractivity contribution in [1.82, 2.24) is 19.8 Å². The van der Waals surface area contributed by atoms with E-state index in [1.54, 1.807) is 12.3 Å². The minimum Gasteiger partial charge on any atom is -0.469 e. The van der Waals surface area contributed by atoms with E-state index in [1.165, 1.54) is 0 Å². The summed E-state index contributed by atoms with van der Waals surface area (Å²) in [6.45, 7) is 7.47. The summed E-state index contributed by atoms with van der Waals surface area (Å²) in [6.07, 6.45) is 8.79. The van der Waals surface area contributed by atoms with Crippen molar-refractivity contribution in [1.29, 1.82) is 0 Å². The minimum atomic E-state index is 0.0670. The second kappa shape index (κ2) is 6.33. The zero-order valence-corrected chi connectivity index (χ0v) is 15.0. The van der Waals surface area contributed by atoms with E-state index in [9.17, 15) is 4.79 Å². The Morgan fingerprint density at radius 3 is 2.96 bits per heavy atom. The first-order valence-electron chi connectivity index (χ1n) is 9.20. The molecule has 6 heteroatoms. The molecule has 1 saturated carbocycles. The Balaban J connectivity index is 1.62. The van der Waals surface area contributed by atoms with Gasteiger partial charge in [-0.2, -0.15) is 0 Å². The molecule has 1 N–H and O–H groups in total. The number of amides is 1. The van der Waals surface area contributed by atoms with Crippen molar-refractivity contribution >= 4 is 5.91 Å². The second-order valence-corrected chi connectivity index (χ2v) is 7.29. The van der Waals surface area contributed by atoms with Gasteiger partial charge in [0.25, 0.3) is 5.91 Å². The van der Waals surface area contributed by atoms with Crippen molar-refractivity contribution in [2.24, 2.45) is 5.41 Å². The van der Waals surface area contributed by atoms with Crippen LogP contribution < -0.4 is 5.32 Å². The number of furan rings is 1. The Kier molecular flexibility index (Phi) is 4.15. The molecular weight excluding hydrogens is 316 g/mol. The summed E-state index contributed by atoms with van der Waals surface area (Å²) < 4.78 is 7.49. The molecule has 1 amide bonds. The van der Waals surface area contributed by atoms with Crippen molar-refractivity contribution in [3.63, 3.8) is 0 Å². The molecule has 1 atom stereocenters. The smallest absolute Gasteiger partial charge is 0.258 e. The molecule has 2 aromatic heterocycles. The van der Waals surface area contributed by atoms with E-state index in [2.05, 4.69) is 21.8 Å². The summed E-state index contributed by atoms with van der Waals surface area (Å²) in [5, 5.41) is 3.43. The number of nitrogens with one attached hydrogen (secondary N) is 1. The molecule has 1 aliphatic carbocycles.